The molecule has 0 saturated heterocycles. The first-order chi connectivity index (χ1) is 3.33. The molecule has 0 aliphatic rings. The zero-order valence-electron chi connectivity index (χ0n) is 4.74. The monoisotopic (exact) mass is 125 g/mol. The average Bonchev–Trinajstić information content (AvgIpc) is 1.69. The molecule has 0 aromatic rings. The molecule has 7 heavy (non-hydrogen) atoms. The molecule has 0 aromatic heterocycles. The minimum atomic E-state index is 0.0849. The maximum absolute atomic E-state index is 7.74. The average molecular weight is 126 g/mol. The summed E-state index contributed by atoms with van der Waals surface area (Å²) in [6, 6.07) is 0. The van der Waals surface area contributed by atoms with E-state index in [2.05, 4.69) is 5.32 Å². The second kappa shape index (κ2) is 16.4. The molecule has 0 atom stereocenters. The third-order valence-electron chi connectivity index (χ3n) is 0.0845. The van der Waals surface area contributed by atoms with Crippen molar-refractivity contribution in [3.63, 3.8) is 0 Å². The van der Waals surface area contributed by atoms with Gasteiger partial charge in [-0.2, -0.15) is 0 Å². The molecule has 0 heterocycles. The van der Waals surface area contributed by atoms with E-state index in [0.29, 0.717) is 5.88 Å². The van der Waals surface area contributed by atoms with Gasteiger partial charge in [0.05, 0.1) is 6.61 Å². The number of hydrogen-bond donors (Lipinski definition) is 2. The fourth-order valence-corrected chi connectivity index (χ4v) is 0. The minimum Gasteiger partial charge on any atom is -0.395 e. The second-order valence-electron chi connectivity index (χ2n) is 0.913. The lowest BCUT2D eigenvalue weighted by Crippen LogP contribution is -1.89. The quantitative estimate of drug-likeness (QED) is 0.486. The summed E-state index contributed by atoms with van der Waals surface area (Å²) >= 11 is 4.94. The summed E-state index contributed by atoms with van der Waals surface area (Å²) in [7, 11) is 3.75. The van der Waals surface area contributed by atoms with Crippen molar-refractivity contribution in [2.24, 2.45) is 0 Å². The molecule has 0 saturated carbocycles. The van der Waals surface area contributed by atoms with Gasteiger partial charge in [-0.3, -0.25) is 0 Å². The molecule has 0 rings (SSSR count). The van der Waals surface area contributed by atoms with E-state index in [9.17, 15) is 0 Å². The van der Waals surface area contributed by atoms with Crippen LogP contribution in [0.5, 0.6) is 0 Å². The Hall–Kier alpha value is 0.210. The van der Waals surface area contributed by atoms with Crippen LogP contribution >= 0.6 is 11.6 Å². The van der Waals surface area contributed by atoms with Gasteiger partial charge in [0.2, 0.25) is 0 Å². The minimum absolute atomic E-state index is 0.0849. The predicted octanol–water partition coefficient (Wildman–Crippen LogP) is 0.0531. The number of aliphatic hydroxyl groups is 1. The molecule has 0 aliphatic carbocycles. The van der Waals surface area contributed by atoms with Crippen molar-refractivity contribution in [3.8, 4) is 0 Å². The van der Waals surface area contributed by atoms with Gasteiger partial charge in [0.25, 0.3) is 0 Å². The molecule has 0 amide bonds. The normalized spacial score (nSPS) is 6.86. The van der Waals surface area contributed by atoms with Crippen LogP contribution in [-0.4, -0.2) is 31.7 Å². The van der Waals surface area contributed by atoms with E-state index in [1.807, 2.05) is 14.1 Å². The maximum Gasteiger partial charge on any atom is 0.0566 e. The number of aliphatic hydroxyl groups excluding tert-OH is 1. The molecule has 2 N–H and O–H groups in total. The van der Waals surface area contributed by atoms with Gasteiger partial charge in [-0.05, 0) is 14.1 Å². The highest BCUT2D eigenvalue weighted by Crippen LogP contribution is 1.63. The van der Waals surface area contributed by atoms with Crippen molar-refractivity contribution < 1.29 is 5.11 Å². The molecule has 3 heteroatoms. The highest BCUT2D eigenvalue weighted by atomic mass is 35.5. The smallest absolute Gasteiger partial charge is 0.0566 e. The van der Waals surface area contributed by atoms with Gasteiger partial charge in [0.15, 0.2) is 0 Å². The highest BCUT2D eigenvalue weighted by Gasteiger charge is 1.60. The number of nitrogens with one attached hydrogen (secondary N) is 1. The van der Waals surface area contributed by atoms with Crippen molar-refractivity contribution in [2.45, 2.75) is 0 Å². The van der Waals surface area contributed by atoms with E-state index in [0.717, 1.165) is 0 Å². The Morgan fingerprint density at radius 3 is 1.71 bits per heavy atom. The van der Waals surface area contributed by atoms with Gasteiger partial charge in [-0.15, -0.1) is 11.6 Å². The SMILES string of the molecule is CNC.OCCCl. The highest BCUT2D eigenvalue weighted by molar-refractivity contribution is 6.17. The summed E-state index contributed by atoms with van der Waals surface area (Å²) < 4.78 is 0. The molecule has 0 radical (unpaired) electrons. The van der Waals surface area contributed by atoms with Crippen LogP contribution in [0.25, 0.3) is 0 Å². The van der Waals surface area contributed by atoms with Gasteiger partial charge in [0, 0.05) is 5.88 Å². The van der Waals surface area contributed by atoms with Gasteiger partial charge < -0.3 is 10.4 Å². The molecular weight excluding hydrogens is 114 g/mol. The van der Waals surface area contributed by atoms with Gasteiger partial charge in [0.1, 0.15) is 0 Å². The van der Waals surface area contributed by atoms with Gasteiger partial charge in [-0.25, -0.2) is 0 Å². The Labute approximate surface area is 49.5 Å². The largest absolute Gasteiger partial charge is 0.395 e. The number of alkyl halides is 1. The molecule has 0 bridgehead atoms. The van der Waals surface area contributed by atoms with Crippen molar-refractivity contribution in [1.29, 1.82) is 0 Å². The Balaban J connectivity index is 0. The first-order valence-corrected chi connectivity index (χ1v) is 2.62. The van der Waals surface area contributed by atoms with Crippen LogP contribution in [-0.2, 0) is 0 Å². The van der Waals surface area contributed by atoms with Crippen LogP contribution in [0.2, 0.25) is 0 Å². The summed E-state index contributed by atoms with van der Waals surface area (Å²) in [6.45, 7) is 0.0849. The summed E-state index contributed by atoms with van der Waals surface area (Å²) in [5.74, 6) is 0.347. The lowest BCUT2D eigenvalue weighted by atomic mass is 10.9. The molecule has 0 aromatic carbocycles. The van der Waals surface area contributed by atoms with Gasteiger partial charge in [-0.1, -0.05) is 0 Å². The molecule has 2 nitrogen and oxygen atoms in total. The Kier molecular flexibility index (Phi) is 23.9. The van der Waals surface area contributed by atoms with Gasteiger partial charge >= 0.3 is 0 Å². The zero-order valence-corrected chi connectivity index (χ0v) is 5.50. The molecule has 0 aliphatic heterocycles. The molecular formula is C4H12ClNO. The van der Waals surface area contributed by atoms with Crippen LogP contribution in [0.15, 0.2) is 0 Å². The van der Waals surface area contributed by atoms with E-state index < -0.39 is 0 Å². The number of hydrogen-bond acceptors (Lipinski definition) is 2. The van der Waals surface area contributed by atoms with Crippen LogP contribution in [0, 0.1) is 0 Å². The number of rotatable bonds is 1. The van der Waals surface area contributed by atoms with E-state index in [1.165, 1.54) is 0 Å². The maximum atomic E-state index is 7.74. The first kappa shape index (κ1) is 10.2. The summed E-state index contributed by atoms with van der Waals surface area (Å²) in [6.07, 6.45) is 0. The van der Waals surface area contributed by atoms with E-state index in [1.54, 1.807) is 0 Å². The molecule has 0 spiro atoms. The summed E-state index contributed by atoms with van der Waals surface area (Å²) in [4.78, 5) is 0. The summed E-state index contributed by atoms with van der Waals surface area (Å²) in [5.41, 5.74) is 0. The van der Waals surface area contributed by atoms with Crippen LogP contribution in [0.1, 0.15) is 0 Å². The van der Waals surface area contributed by atoms with Crippen LogP contribution in [0.4, 0.5) is 0 Å². The Morgan fingerprint density at radius 2 is 1.71 bits per heavy atom. The molecule has 0 fully saturated rings. The third kappa shape index (κ3) is 75.2. The lowest BCUT2D eigenvalue weighted by molar-refractivity contribution is 0.321. The van der Waals surface area contributed by atoms with E-state index in [4.69, 9.17) is 16.7 Å². The molecule has 0 unspecified atom stereocenters. The molecule has 46 valence electrons. The summed E-state index contributed by atoms with van der Waals surface area (Å²) in [5, 5.41) is 10.5. The predicted molar refractivity (Wildman–Crippen MR) is 32.8 cm³/mol. The van der Waals surface area contributed by atoms with Crippen molar-refractivity contribution in [1.82, 2.24) is 5.32 Å². The second-order valence-corrected chi connectivity index (χ2v) is 1.29. The first-order valence-electron chi connectivity index (χ1n) is 2.08. The zero-order chi connectivity index (χ0) is 6.12. The van der Waals surface area contributed by atoms with Crippen molar-refractivity contribution >= 4 is 11.6 Å². The standard InChI is InChI=1S/C2H5ClO.C2H7N/c3-1-2-4;1-3-2/h4H,1-2H2;3H,1-2H3. The fraction of sp³-hybridized carbons (Fsp3) is 1.00. The Bertz CT molecular complexity index is 19.2. The van der Waals surface area contributed by atoms with Crippen LogP contribution in [0.3, 0.4) is 0 Å². The Morgan fingerprint density at radius 1 is 1.57 bits per heavy atom. The van der Waals surface area contributed by atoms with Crippen molar-refractivity contribution in [3.05, 3.63) is 0 Å². The van der Waals surface area contributed by atoms with E-state index in [-0.39, 0.29) is 6.61 Å². The number of halogens is 1. The third-order valence-corrected chi connectivity index (χ3v) is 0.254. The van der Waals surface area contributed by atoms with Crippen molar-refractivity contribution in [2.75, 3.05) is 26.6 Å². The fourth-order valence-electron chi connectivity index (χ4n) is 0. The topological polar surface area (TPSA) is 32.3 Å². The van der Waals surface area contributed by atoms with E-state index >= 15 is 0 Å². The lowest BCUT2D eigenvalue weighted by Gasteiger charge is -1.67. The van der Waals surface area contributed by atoms with Crippen LogP contribution < -0.4 is 5.32 Å².